The highest BCUT2D eigenvalue weighted by Crippen LogP contribution is 2.21. The molecule has 1 aromatic heterocycles. The van der Waals surface area contributed by atoms with Crippen LogP contribution in [0.3, 0.4) is 0 Å². The van der Waals surface area contributed by atoms with Crippen LogP contribution in [0.5, 0.6) is 0 Å². The number of nitrogens with two attached hydrogens (primary N) is 1. The van der Waals surface area contributed by atoms with Crippen molar-refractivity contribution in [3.63, 3.8) is 0 Å². The van der Waals surface area contributed by atoms with Crippen LogP contribution in [0, 0.1) is 6.92 Å². The Morgan fingerprint density at radius 3 is 2.69 bits per heavy atom. The van der Waals surface area contributed by atoms with Gasteiger partial charge in [0.1, 0.15) is 0 Å². The Bertz CT molecular complexity index is 392. The molecule has 2 unspecified atom stereocenters. The second kappa shape index (κ2) is 5.93. The topological polar surface area (TPSA) is 60.9 Å². The first-order valence-electron chi connectivity index (χ1n) is 5.24. The van der Waals surface area contributed by atoms with E-state index in [2.05, 4.69) is 21.0 Å². The van der Waals surface area contributed by atoms with Crippen molar-refractivity contribution in [3.05, 3.63) is 15.9 Å². The molecule has 0 aliphatic heterocycles. The van der Waals surface area contributed by atoms with Gasteiger partial charge >= 0.3 is 0 Å². The minimum Gasteiger partial charge on any atom is -0.327 e. The number of hydrogen-bond donors (Lipinski definition) is 1. The third kappa shape index (κ3) is 3.40. The lowest BCUT2D eigenvalue weighted by Gasteiger charge is -2.08. The summed E-state index contributed by atoms with van der Waals surface area (Å²) in [5, 5.41) is 4.27. The van der Waals surface area contributed by atoms with Gasteiger partial charge in [0.05, 0.1) is 21.6 Å². The second-order valence-corrected chi connectivity index (χ2v) is 6.18. The third-order valence-corrected chi connectivity index (χ3v) is 4.91. The summed E-state index contributed by atoms with van der Waals surface area (Å²) in [6, 6.07) is 0.0222. The van der Waals surface area contributed by atoms with Gasteiger partial charge in [0.25, 0.3) is 0 Å². The summed E-state index contributed by atoms with van der Waals surface area (Å²) >= 11 is 3.46. The van der Waals surface area contributed by atoms with Crippen molar-refractivity contribution >= 4 is 26.7 Å². The van der Waals surface area contributed by atoms with Gasteiger partial charge in [-0.1, -0.05) is 6.92 Å². The van der Waals surface area contributed by atoms with E-state index in [1.807, 2.05) is 20.9 Å². The molecule has 0 aromatic carbocycles. The molecular formula is C10H18BrN3OS. The van der Waals surface area contributed by atoms with Gasteiger partial charge in [-0.2, -0.15) is 5.10 Å². The Morgan fingerprint density at radius 1 is 1.62 bits per heavy atom. The van der Waals surface area contributed by atoms with Crippen molar-refractivity contribution in [2.24, 2.45) is 12.8 Å². The summed E-state index contributed by atoms with van der Waals surface area (Å²) in [6.45, 7) is 3.93. The first-order valence-corrected chi connectivity index (χ1v) is 7.52. The van der Waals surface area contributed by atoms with Crippen molar-refractivity contribution in [2.75, 3.05) is 5.75 Å². The number of nitrogens with zero attached hydrogens (tertiary/aromatic N) is 2. The lowest BCUT2D eigenvalue weighted by molar-refractivity contribution is 0.658. The summed E-state index contributed by atoms with van der Waals surface area (Å²) in [5.41, 5.74) is 7.68. The molecule has 92 valence electrons. The first-order chi connectivity index (χ1) is 7.45. The minimum absolute atomic E-state index is 0.0222. The van der Waals surface area contributed by atoms with E-state index in [1.54, 1.807) is 4.68 Å². The highest BCUT2D eigenvalue weighted by Gasteiger charge is 2.14. The fourth-order valence-corrected chi connectivity index (χ4v) is 3.53. The average molecular weight is 308 g/mol. The molecule has 1 aromatic rings. The van der Waals surface area contributed by atoms with Gasteiger partial charge in [-0.05, 0) is 29.3 Å². The van der Waals surface area contributed by atoms with Crippen LogP contribution in [0.4, 0.5) is 0 Å². The van der Waals surface area contributed by atoms with Crippen LogP contribution in [-0.2, 0) is 23.6 Å². The quantitative estimate of drug-likeness (QED) is 0.896. The van der Waals surface area contributed by atoms with E-state index in [0.717, 1.165) is 22.3 Å². The van der Waals surface area contributed by atoms with E-state index in [-0.39, 0.29) is 6.04 Å². The molecule has 16 heavy (non-hydrogen) atoms. The predicted molar refractivity (Wildman–Crippen MR) is 70.6 cm³/mol. The van der Waals surface area contributed by atoms with Crippen LogP contribution in [0.2, 0.25) is 0 Å². The van der Waals surface area contributed by atoms with Gasteiger partial charge < -0.3 is 5.73 Å². The van der Waals surface area contributed by atoms with Crippen LogP contribution < -0.4 is 5.73 Å². The van der Waals surface area contributed by atoms with Crippen LogP contribution in [-0.4, -0.2) is 25.8 Å². The number of aryl methyl sites for hydroxylation is 2. The van der Waals surface area contributed by atoms with Gasteiger partial charge in [0.15, 0.2) is 0 Å². The monoisotopic (exact) mass is 307 g/mol. The maximum Gasteiger partial charge on any atom is 0.0738 e. The Hall–Kier alpha value is -0.200. The molecule has 0 saturated carbocycles. The van der Waals surface area contributed by atoms with Gasteiger partial charge in [0.2, 0.25) is 0 Å². The molecule has 0 radical (unpaired) electrons. The van der Waals surface area contributed by atoms with E-state index >= 15 is 0 Å². The highest BCUT2D eigenvalue weighted by atomic mass is 79.9. The van der Waals surface area contributed by atoms with Crippen LogP contribution in [0.25, 0.3) is 0 Å². The summed E-state index contributed by atoms with van der Waals surface area (Å²) in [6.07, 6.45) is 0.858. The summed E-state index contributed by atoms with van der Waals surface area (Å²) < 4.78 is 14.6. The summed E-state index contributed by atoms with van der Waals surface area (Å²) in [7, 11) is 0.941. The molecule has 0 aliphatic carbocycles. The van der Waals surface area contributed by atoms with Gasteiger partial charge in [-0.15, -0.1) is 0 Å². The van der Waals surface area contributed by atoms with Crippen molar-refractivity contribution in [1.82, 2.24) is 9.78 Å². The smallest absolute Gasteiger partial charge is 0.0738 e. The van der Waals surface area contributed by atoms with E-state index < -0.39 is 10.8 Å². The van der Waals surface area contributed by atoms with Crippen molar-refractivity contribution in [1.29, 1.82) is 0 Å². The Labute approximate surface area is 107 Å². The standard InChI is InChI=1S/C10H18BrN3OS/c1-4-8(12)5-16(15)6-9-10(11)7(2)13-14(9)3/h8H,4-6,12H2,1-3H3. The van der Waals surface area contributed by atoms with E-state index in [0.29, 0.717) is 11.5 Å². The first kappa shape index (κ1) is 13.9. The molecule has 4 nitrogen and oxygen atoms in total. The number of aromatic nitrogens is 2. The molecule has 0 fully saturated rings. The van der Waals surface area contributed by atoms with E-state index in [4.69, 9.17) is 5.73 Å². The zero-order valence-corrected chi connectivity index (χ0v) is 12.3. The summed E-state index contributed by atoms with van der Waals surface area (Å²) in [4.78, 5) is 0. The fourth-order valence-electron chi connectivity index (χ4n) is 1.40. The number of halogens is 1. The largest absolute Gasteiger partial charge is 0.327 e. The minimum atomic E-state index is -0.924. The fraction of sp³-hybridized carbons (Fsp3) is 0.700. The molecule has 0 spiro atoms. The van der Waals surface area contributed by atoms with E-state index in [9.17, 15) is 4.21 Å². The maximum atomic E-state index is 11.9. The lowest BCUT2D eigenvalue weighted by atomic mass is 10.3. The maximum absolute atomic E-state index is 11.9. The predicted octanol–water partition coefficient (Wildman–Crippen LogP) is 1.48. The highest BCUT2D eigenvalue weighted by molar-refractivity contribution is 9.10. The average Bonchev–Trinajstić information content (AvgIpc) is 2.45. The zero-order valence-electron chi connectivity index (χ0n) is 9.86. The normalized spacial score (nSPS) is 15.1. The SMILES string of the molecule is CCC(N)CS(=O)Cc1c(Br)c(C)nn1C. The van der Waals surface area contributed by atoms with Crippen LogP contribution >= 0.6 is 15.9 Å². The molecule has 0 saturated heterocycles. The Balaban J connectivity index is 2.70. The van der Waals surface area contributed by atoms with Crippen molar-refractivity contribution in [3.8, 4) is 0 Å². The number of hydrogen-bond acceptors (Lipinski definition) is 3. The van der Waals surface area contributed by atoms with Crippen molar-refractivity contribution in [2.45, 2.75) is 32.1 Å². The Morgan fingerprint density at radius 2 is 2.25 bits per heavy atom. The van der Waals surface area contributed by atoms with Gasteiger partial charge in [-0.3, -0.25) is 8.89 Å². The summed E-state index contributed by atoms with van der Waals surface area (Å²) in [5.74, 6) is 1.05. The zero-order chi connectivity index (χ0) is 12.3. The molecule has 0 bridgehead atoms. The van der Waals surface area contributed by atoms with Gasteiger partial charge in [0, 0.05) is 29.6 Å². The molecule has 0 aliphatic rings. The Kier molecular flexibility index (Phi) is 5.14. The molecule has 2 N–H and O–H groups in total. The molecule has 6 heteroatoms. The van der Waals surface area contributed by atoms with Gasteiger partial charge in [-0.25, -0.2) is 0 Å². The van der Waals surface area contributed by atoms with Crippen LogP contribution in [0.1, 0.15) is 24.7 Å². The van der Waals surface area contributed by atoms with Crippen LogP contribution in [0.15, 0.2) is 4.47 Å². The molecule has 1 heterocycles. The number of rotatable bonds is 5. The molecule has 2 atom stereocenters. The van der Waals surface area contributed by atoms with E-state index in [1.165, 1.54) is 0 Å². The lowest BCUT2D eigenvalue weighted by Crippen LogP contribution is -2.26. The van der Waals surface area contributed by atoms with Crippen molar-refractivity contribution < 1.29 is 4.21 Å². The molecular weight excluding hydrogens is 290 g/mol. The molecule has 0 amide bonds. The second-order valence-electron chi connectivity index (χ2n) is 3.89. The molecule has 1 rings (SSSR count). The third-order valence-electron chi connectivity index (χ3n) is 2.48.